The number of ether oxygens (including phenoxy) is 2. The van der Waals surface area contributed by atoms with E-state index in [2.05, 4.69) is 25.8 Å². The zero-order chi connectivity index (χ0) is 16.8. The average molecular weight is 329 g/mol. The summed E-state index contributed by atoms with van der Waals surface area (Å²) in [5, 5.41) is 14.2. The normalized spacial score (nSPS) is 17.4. The number of aliphatic imine (C=N–C) groups is 1. The number of aromatic amines is 1. The number of amidine groups is 1. The van der Waals surface area contributed by atoms with Gasteiger partial charge in [-0.05, 0) is 24.3 Å². The molecular weight excluding hydrogens is 306 g/mol. The Morgan fingerprint density at radius 1 is 1.25 bits per heavy atom. The molecule has 128 valence electrons. The standard InChI is InChI=1S/C17H23N5O2/c1-23-10-9-20-17-16(18-7-8-19-17)14-11-21-22-15(14)12-3-5-13(24-2)6-4-12/h3-6,11,16,18H,7-10H2,1-2H3,(H,19,20)(H,21,22). The number of nitrogens with zero attached hydrogens (tertiary/aromatic N) is 2. The second-order valence-corrected chi connectivity index (χ2v) is 5.50. The lowest BCUT2D eigenvalue weighted by Gasteiger charge is -2.25. The molecule has 0 aliphatic carbocycles. The van der Waals surface area contributed by atoms with Gasteiger partial charge in [0.15, 0.2) is 0 Å². The zero-order valence-electron chi connectivity index (χ0n) is 14.0. The molecule has 7 heteroatoms. The van der Waals surface area contributed by atoms with Crippen molar-refractivity contribution in [1.29, 1.82) is 0 Å². The molecule has 7 nitrogen and oxygen atoms in total. The number of nitrogens with one attached hydrogen (secondary N) is 3. The van der Waals surface area contributed by atoms with E-state index < -0.39 is 0 Å². The molecule has 24 heavy (non-hydrogen) atoms. The van der Waals surface area contributed by atoms with E-state index in [1.165, 1.54) is 0 Å². The van der Waals surface area contributed by atoms with Gasteiger partial charge in [-0.15, -0.1) is 0 Å². The first-order valence-corrected chi connectivity index (χ1v) is 8.01. The molecule has 0 amide bonds. The van der Waals surface area contributed by atoms with E-state index in [4.69, 9.17) is 9.47 Å². The van der Waals surface area contributed by atoms with Crippen LogP contribution in [0, 0.1) is 0 Å². The van der Waals surface area contributed by atoms with Gasteiger partial charge >= 0.3 is 0 Å². The summed E-state index contributed by atoms with van der Waals surface area (Å²) >= 11 is 0. The third-order valence-corrected chi connectivity index (χ3v) is 3.99. The van der Waals surface area contributed by atoms with Crippen molar-refractivity contribution in [3.8, 4) is 17.0 Å². The van der Waals surface area contributed by atoms with E-state index in [9.17, 15) is 0 Å². The number of hydrogen-bond donors (Lipinski definition) is 3. The molecule has 3 N–H and O–H groups in total. The lowest BCUT2D eigenvalue weighted by molar-refractivity contribution is 0.203. The van der Waals surface area contributed by atoms with Crippen LogP contribution in [0.15, 0.2) is 35.5 Å². The van der Waals surface area contributed by atoms with Crippen LogP contribution in [0.2, 0.25) is 0 Å². The predicted octanol–water partition coefficient (Wildman–Crippen LogP) is 1.36. The first-order valence-electron chi connectivity index (χ1n) is 8.01. The smallest absolute Gasteiger partial charge is 0.118 e. The maximum absolute atomic E-state index is 5.23. The van der Waals surface area contributed by atoms with E-state index in [0.717, 1.165) is 48.0 Å². The van der Waals surface area contributed by atoms with Crippen molar-refractivity contribution < 1.29 is 9.47 Å². The Bertz CT molecular complexity index is 681. The molecule has 0 spiro atoms. The number of aromatic nitrogens is 2. The van der Waals surface area contributed by atoms with Gasteiger partial charge in [0, 0.05) is 31.3 Å². The van der Waals surface area contributed by atoms with Gasteiger partial charge in [-0.25, -0.2) is 0 Å². The van der Waals surface area contributed by atoms with E-state index in [1.807, 2.05) is 30.5 Å². The van der Waals surface area contributed by atoms with Crippen LogP contribution in [0.25, 0.3) is 11.3 Å². The fourth-order valence-electron chi connectivity index (χ4n) is 2.77. The summed E-state index contributed by atoms with van der Waals surface area (Å²) in [6.07, 6.45) is 1.86. The second kappa shape index (κ2) is 7.94. The highest BCUT2D eigenvalue weighted by atomic mass is 16.5. The van der Waals surface area contributed by atoms with Crippen LogP contribution >= 0.6 is 0 Å². The molecule has 3 rings (SSSR count). The third kappa shape index (κ3) is 3.58. The Kier molecular flexibility index (Phi) is 5.45. The topological polar surface area (TPSA) is 83.6 Å². The number of rotatable bonds is 6. The van der Waals surface area contributed by atoms with Crippen LogP contribution in [0.4, 0.5) is 0 Å². The molecule has 1 atom stereocenters. The van der Waals surface area contributed by atoms with Gasteiger partial charge in [0.1, 0.15) is 11.6 Å². The SMILES string of the molecule is COCCNC1=NCCNC1c1cn[nH]c1-c1ccc(OC)cc1. The van der Waals surface area contributed by atoms with Crippen molar-refractivity contribution in [1.82, 2.24) is 20.8 Å². The largest absolute Gasteiger partial charge is 0.497 e. The van der Waals surface area contributed by atoms with Crippen molar-refractivity contribution >= 4 is 5.84 Å². The maximum Gasteiger partial charge on any atom is 0.118 e. The number of hydrogen-bond acceptors (Lipinski definition) is 6. The van der Waals surface area contributed by atoms with Crippen LogP contribution in [-0.4, -0.2) is 56.5 Å². The fourth-order valence-corrected chi connectivity index (χ4v) is 2.77. The second-order valence-electron chi connectivity index (χ2n) is 5.50. The Morgan fingerprint density at radius 2 is 2.08 bits per heavy atom. The number of H-pyrrole nitrogens is 1. The molecule has 0 bridgehead atoms. The van der Waals surface area contributed by atoms with Gasteiger partial charge in [0.25, 0.3) is 0 Å². The van der Waals surface area contributed by atoms with Crippen molar-refractivity contribution in [3.63, 3.8) is 0 Å². The summed E-state index contributed by atoms with van der Waals surface area (Å²) < 4.78 is 10.3. The van der Waals surface area contributed by atoms with Crippen LogP contribution < -0.4 is 15.4 Å². The molecule has 2 heterocycles. The van der Waals surface area contributed by atoms with Crippen molar-refractivity contribution in [2.45, 2.75) is 6.04 Å². The lowest BCUT2D eigenvalue weighted by atomic mass is 10.0. The van der Waals surface area contributed by atoms with Gasteiger partial charge in [0.05, 0.1) is 38.2 Å². The first-order chi connectivity index (χ1) is 11.8. The molecule has 0 saturated heterocycles. The Balaban J connectivity index is 1.84. The highest BCUT2D eigenvalue weighted by Crippen LogP contribution is 2.28. The van der Waals surface area contributed by atoms with Crippen molar-refractivity contribution in [2.24, 2.45) is 4.99 Å². The zero-order valence-corrected chi connectivity index (χ0v) is 14.0. The first kappa shape index (κ1) is 16.5. The molecular formula is C17H23N5O2. The number of benzene rings is 1. The minimum atomic E-state index is -0.00791. The summed E-state index contributed by atoms with van der Waals surface area (Å²) in [6, 6.07) is 7.92. The minimum absolute atomic E-state index is 0.00791. The predicted molar refractivity (Wildman–Crippen MR) is 93.5 cm³/mol. The summed E-state index contributed by atoms with van der Waals surface area (Å²) in [4.78, 5) is 4.63. The minimum Gasteiger partial charge on any atom is -0.497 e. The van der Waals surface area contributed by atoms with Crippen LogP contribution in [0.1, 0.15) is 11.6 Å². The quantitative estimate of drug-likeness (QED) is 0.697. The molecule has 0 saturated carbocycles. The maximum atomic E-state index is 5.23. The molecule has 0 fully saturated rings. The summed E-state index contributed by atoms with van der Waals surface area (Å²) in [5.74, 6) is 1.76. The third-order valence-electron chi connectivity index (χ3n) is 3.99. The number of methoxy groups -OCH3 is 2. The van der Waals surface area contributed by atoms with Crippen LogP contribution in [-0.2, 0) is 4.74 Å². The average Bonchev–Trinajstić information content (AvgIpc) is 3.12. The monoisotopic (exact) mass is 329 g/mol. The van der Waals surface area contributed by atoms with E-state index in [-0.39, 0.29) is 6.04 Å². The molecule has 1 aromatic carbocycles. The Morgan fingerprint density at radius 3 is 2.83 bits per heavy atom. The molecule has 1 aliphatic heterocycles. The van der Waals surface area contributed by atoms with Crippen molar-refractivity contribution in [2.75, 3.05) is 40.5 Å². The summed E-state index contributed by atoms with van der Waals surface area (Å²) in [5.41, 5.74) is 3.12. The Labute approximate surface area is 141 Å². The van der Waals surface area contributed by atoms with E-state index >= 15 is 0 Å². The van der Waals surface area contributed by atoms with Gasteiger partial charge in [0.2, 0.25) is 0 Å². The summed E-state index contributed by atoms with van der Waals surface area (Å²) in [7, 11) is 3.36. The van der Waals surface area contributed by atoms with E-state index in [0.29, 0.717) is 6.61 Å². The van der Waals surface area contributed by atoms with E-state index in [1.54, 1.807) is 14.2 Å². The van der Waals surface area contributed by atoms with Gasteiger partial charge in [-0.1, -0.05) is 0 Å². The molecule has 1 aromatic heterocycles. The van der Waals surface area contributed by atoms with Crippen LogP contribution in [0.3, 0.4) is 0 Å². The van der Waals surface area contributed by atoms with Crippen molar-refractivity contribution in [3.05, 3.63) is 36.0 Å². The lowest BCUT2D eigenvalue weighted by Crippen LogP contribution is -2.43. The molecule has 2 aromatic rings. The van der Waals surface area contributed by atoms with Gasteiger partial charge in [-0.3, -0.25) is 10.1 Å². The van der Waals surface area contributed by atoms with Crippen LogP contribution in [0.5, 0.6) is 5.75 Å². The highest BCUT2D eigenvalue weighted by Gasteiger charge is 2.25. The molecule has 0 radical (unpaired) electrons. The van der Waals surface area contributed by atoms with Gasteiger partial charge in [-0.2, -0.15) is 5.10 Å². The molecule has 1 aliphatic rings. The Hall–Kier alpha value is -2.38. The highest BCUT2D eigenvalue weighted by molar-refractivity contribution is 5.90. The summed E-state index contributed by atoms with van der Waals surface area (Å²) in [6.45, 7) is 2.97. The van der Waals surface area contributed by atoms with Gasteiger partial charge < -0.3 is 20.1 Å². The fraction of sp³-hybridized carbons (Fsp3) is 0.412. The molecule has 1 unspecified atom stereocenters.